The third kappa shape index (κ3) is 2.39. The lowest BCUT2D eigenvalue weighted by Gasteiger charge is -2.14. The van der Waals surface area contributed by atoms with E-state index in [1.54, 1.807) is 22.8 Å². The Labute approximate surface area is 117 Å². The number of pyridine rings is 1. The Morgan fingerprint density at radius 3 is 2.75 bits per heavy atom. The van der Waals surface area contributed by atoms with Gasteiger partial charge >= 0.3 is 0 Å². The molecule has 1 aromatic heterocycles. The molecule has 0 fully saturated rings. The van der Waals surface area contributed by atoms with Gasteiger partial charge in [0.1, 0.15) is 11.8 Å². The van der Waals surface area contributed by atoms with E-state index in [-0.39, 0.29) is 11.3 Å². The molecular formula is C16H18N2O2. The summed E-state index contributed by atoms with van der Waals surface area (Å²) in [7, 11) is 0. The average Bonchev–Trinajstić information content (AvgIpc) is 2.47. The van der Waals surface area contributed by atoms with Crippen LogP contribution in [0.2, 0.25) is 0 Å². The molecule has 1 N–H and O–H groups in total. The highest BCUT2D eigenvalue weighted by molar-refractivity contribution is 5.87. The summed E-state index contributed by atoms with van der Waals surface area (Å²) in [6.07, 6.45) is 1.92. The second-order valence-electron chi connectivity index (χ2n) is 5.11. The summed E-state index contributed by atoms with van der Waals surface area (Å²) in [4.78, 5) is 12.3. The molecule has 2 aromatic rings. The number of rotatable bonds is 4. The lowest BCUT2D eigenvalue weighted by Crippen LogP contribution is -2.24. The zero-order valence-corrected chi connectivity index (χ0v) is 11.8. The molecule has 0 aliphatic heterocycles. The first-order valence-corrected chi connectivity index (χ1v) is 6.84. The van der Waals surface area contributed by atoms with E-state index in [1.165, 1.54) is 0 Å². The van der Waals surface area contributed by atoms with Crippen LogP contribution in [0.4, 0.5) is 0 Å². The smallest absolute Gasteiger partial charge is 0.272 e. The summed E-state index contributed by atoms with van der Waals surface area (Å²) >= 11 is 0. The number of aromatic hydroxyl groups is 1. The molecule has 4 nitrogen and oxygen atoms in total. The topological polar surface area (TPSA) is 66.0 Å². The molecule has 1 unspecified atom stereocenters. The summed E-state index contributed by atoms with van der Waals surface area (Å²) in [5.41, 5.74) is 0.0946. The normalized spacial score (nSPS) is 12.2. The number of benzene rings is 1. The molecule has 104 valence electrons. The minimum Gasteiger partial charge on any atom is -0.506 e. The van der Waals surface area contributed by atoms with E-state index in [2.05, 4.69) is 13.8 Å². The lowest BCUT2D eigenvalue weighted by atomic mass is 10.0. The molecule has 0 bridgehead atoms. The largest absolute Gasteiger partial charge is 0.506 e. The SMILES string of the molecule is CCC(C)CCn1c(=O)c(C#N)c(O)c2ccccc21. The maximum absolute atomic E-state index is 12.3. The first-order chi connectivity index (χ1) is 9.60. The molecule has 1 atom stereocenters. The number of aromatic nitrogens is 1. The Morgan fingerprint density at radius 1 is 1.40 bits per heavy atom. The van der Waals surface area contributed by atoms with E-state index in [0.717, 1.165) is 12.8 Å². The van der Waals surface area contributed by atoms with Gasteiger partial charge in [-0.1, -0.05) is 32.4 Å². The Morgan fingerprint density at radius 2 is 2.10 bits per heavy atom. The highest BCUT2D eigenvalue weighted by atomic mass is 16.3. The molecule has 1 aromatic carbocycles. The predicted molar refractivity (Wildman–Crippen MR) is 78.7 cm³/mol. The molecule has 2 rings (SSSR count). The molecule has 20 heavy (non-hydrogen) atoms. The second-order valence-corrected chi connectivity index (χ2v) is 5.11. The molecule has 0 saturated heterocycles. The number of nitrogens with zero attached hydrogens (tertiary/aromatic N) is 2. The van der Waals surface area contributed by atoms with E-state index in [4.69, 9.17) is 5.26 Å². The molecule has 0 aliphatic rings. The number of aryl methyl sites for hydroxylation is 1. The first kappa shape index (κ1) is 14.1. The van der Waals surface area contributed by atoms with Crippen LogP contribution >= 0.6 is 0 Å². The van der Waals surface area contributed by atoms with Crippen molar-refractivity contribution in [2.24, 2.45) is 5.92 Å². The van der Waals surface area contributed by atoms with Crippen molar-refractivity contribution in [2.75, 3.05) is 0 Å². The summed E-state index contributed by atoms with van der Waals surface area (Å²) in [6.45, 7) is 4.81. The van der Waals surface area contributed by atoms with Crippen molar-refractivity contribution in [3.63, 3.8) is 0 Å². The van der Waals surface area contributed by atoms with Crippen molar-refractivity contribution in [1.82, 2.24) is 4.57 Å². The maximum Gasteiger partial charge on any atom is 0.272 e. The highest BCUT2D eigenvalue weighted by Gasteiger charge is 2.15. The van der Waals surface area contributed by atoms with Crippen LogP contribution in [0.15, 0.2) is 29.1 Å². The van der Waals surface area contributed by atoms with Gasteiger partial charge in [0, 0.05) is 11.9 Å². The lowest BCUT2D eigenvalue weighted by molar-refractivity contribution is 0.460. The fourth-order valence-electron chi connectivity index (χ4n) is 2.27. The van der Waals surface area contributed by atoms with E-state index in [1.807, 2.05) is 12.1 Å². The van der Waals surface area contributed by atoms with Gasteiger partial charge in [0.25, 0.3) is 5.56 Å². The number of fused-ring (bicyclic) bond motifs is 1. The Bertz CT molecular complexity index is 726. The van der Waals surface area contributed by atoms with E-state index >= 15 is 0 Å². The fraction of sp³-hybridized carbons (Fsp3) is 0.375. The second kappa shape index (κ2) is 5.79. The zero-order valence-electron chi connectivity index (χ0n) is 11.8. The van der Waals surface area contributed by atoms with Gasteiger partial charge < -0.3 is 9.67 Å². The van der Waals surface area contributed by atoms with Crippen LogP contribution in [-0.4, -0.2) is 9.67 Å². The van der Waals surface area contributed by atoms with Crippen molar-refractivity contribution < 1.29 is 5.11 Å². The van der Waals surface area contributed by atoms with Crippen LogP contribution in [0.3, 0.4) is 0 Å². The monoisotopic (exact) mass is 270 g/mol. The Kier molecular flexibility index (Phi) is 4.09. The highest BCUT2D eigenvalue weighted by Crippen LogP contribution is 2.26. The third-order valence-electron chi connectivity index (χ3n) is 3.80. The van der Waals surface area contributed by atoms with Crippen molar-refractivity contribution in [3.8, 4) is 11.8 Å². The standard InChI is InChI=1S/C16H18N2O2/c1-3-11(2)8-9-18-14-7-5-4-6-12(14)15(19)13(10-17)16(18)20/h4-7,11,19H,3,8-9H2,1-2H3. The van der Waals surface area contributed by atoms with Crippen LogP contribution in [-0.2, 0) is 6.54 Å². The van der Waals surface area contributed by atoms with Gasteiger partial charge in [-0.15, -0.1) is 0 Å². The van der Waals surface area contributed by atoms with Gasteiger partial charge in [-0.05, 0) is 24.5 Å². The average molecular weight is 270 g/mol. The number of para-hydroxylation sites is 1. The van der Waals surface area contributed by atoms with Crippen molar-refractivity contribution >= 4 is 10.9 Å². The number of hydrogen-bond donors (Lipinski definition) is 1. The molecule has 0 aliphatic carbocycles. The van der Waals surface area contributed by atoms with Crippen LogP contribution in [0.5, 0.6) is 5.75 Å². The van der Waals surface area contributed by atoms with Crippen LogP contribution in [0, 0.1) is 17.2 Å². The minimum absolute atomic E-state index is 0.173. The predicted octanol–water partition coefficient (Wildman–Crippen LogP) is 3.01. The van der Waals surface area contributed by atoms with Crippen LogP contribution < -0.4 is 5.56 Å². The van der Waals surface area contributed by atoms with Crippen molar-refractivity contribution in [3.05, 3.63) is 40.2 Å². The van der Waals surface area contributed by atoms with Crippen LogP contribution in [0.1, 0.15) is 32.3 Å². The van der Waals surface area contributed by atoms with Crippen molar-refractivity contribution in [1.29, 1.82) is 5.26 Å². The Hall–Kier alpha value is -2.28. The minimum atomic E-state index is -0.410. The van der Waals surface area contributed by atoms with Gasteiger partial charge in [0.2, 0.25) is 0 Å². The molecule has 0 amide bonds. The van der Waals surface area contributed by atoms with Gasteiger partial charge in [-0.3, -0.25) is 4.79 Å². The maximum atomic E-state index is 12.3. The first-order valence-electron chi connectivity index (χ1n) is 6.84. The van der Waals surface area contributed by atoms with E-state index < -0.39 is 5.56 Å². The van der Waals surface area contributed by atoms with Crippen LogP contribution in [0.25, 0.3) is 10.9 Å². The number of hydrogen-bond acceptors (Lipinski definition) is 3. The zero-order chi connectivity index (χ0) is 14.7. The van der Waals surface area contributed by atoms with E-state index in [0.29, 0.717) is 23.4 Å². The molecule has 0 radical (unpaired) electrons. The van der Waals surface area contributed by atoms with Gasteiger partial charge in [0.05, 0.1) is 5.52 Å². The molecular weight excluding hydrogens is 252 g/mol. The summed E-state index contributed by atoms with van der Waals surface area (Å²) < 4.78 is 1.60. The quantitative estimate of drug-likeness (QED) is 0.928. The van der Waals surface area contributed by atoms with Gasteiger partial charge in [0.15, 0.2) is 5.56 Å². The molecule has 0 saturated carbocycles. The number of nitriles is 1. The Balaban J connectivity index is 2.63. The van der Waals surface area contributed by atoms with Gasteiger partial charge in [-0.2, -0.15) is 5.26 Å². The summed E-state index contributed by atoms with van der Waals surface area (Å²) in [6, 6.07) is 8.95. The molecule has 4 heteroatoms. The van der Waals surface area contributed by atoms with Gasteiger partial charge in [-0.25, -0.2) is 0 Å². The van der Waals surface area contributed by atoms with E-state index in [9.17, 15) is 9.90 Å². The molecule has 0 spiro atoms. The van der Waals surface area contributed by atoms with Crippen molar-refractivity contribution in [2.45, 2.75) is 33.2 Å². The summed E-state index contributed by atoms with van der Waals surface area (Å²) in [5, 5.41) is 19.7. The molecule has 1 heterocycles. The fourth-order valence-corrected chi connectivity index (χ4v) is 2.27. The third-order valence-corrected chi connectivity index (χ3v) is 3.80. The summed E-state index contributed by atoms with van der Waals surface area (Å²) in [5.74, 6) is 0.299.